The van der Waals surface area contributed by atoms with Crippen LogP contribution in [0.15, 0.2) is 66.9 Å². The highest BCUT2D eigenvalue weighted by Gasteiger charge is 2.34. The first-order valence-electron chi connectivity index (χ1n) is 11.5. The van der Waals surface area contributed by atoms with Gasteiger partial charge in [-0.15, -0.1) is 0 Å². The minimum atomic E-state index is 0.101. The molecule has 0 unspecified atom stereocenters. The van der Waals surface area contributed by atoms with Crippen LogP contribution in [-0.2, 0) is 0 Å². The lowest BCUT2D eigenvalue weighted by atomic mass is 9.89. The van der Waals surface area contributed by atoms with Gasteiger partial charge in [-0.1, -0.05) is 54.6 Å². The van der Waals surface area contributed by atoms with Crippen LogP contribution in [0, 0.1) is 0 Å². The highest BCUT2D eigenvalue weighted by Crippen LogP contribution is 2.32. The van der Waals surface area contributed by atoms with Crippen LogP contribution in [-0.4, -0.2) is 48.1 Å². The standard InChI is InChI=1S/C26H30N4O/c31-26(29-17-13-21(14-18-29)20-7-2-1-3-8-20)30(23-10-6-15-27-19-23)25-24-11-5-4-9-22(24)12-16-28-25/h1-5,7-9,11-12,16,21,23,27H,6,10,13-15,17-19H2/t23-/m1/s1. The summed E-state index contributed by atoms with van der Waals surface area (Å²) in [7, 11) is 0. The number of hydrogen-bond acceptors (Lipinski definition) is 3. The molecule has 2 aliphatic heterocycles. The van der Waals surface area contributed by atoms with Crippen LogP contribution in [0.3, 0.4) is 0 Å². The quantitative estimate of drug-likeness (QED) is 0.670. The number of nitrogens with zero attached hydrogens (tertiary/aromatic N) is 3. The fourth-order valence-corrected chi connectivity index (χ4v) is 5.05. The number of urea groups is 1. The Kier molecular flexibility index (Phi) is 5.85. The molecule has 5 nitrogen and oxygen atoms in total. The maximum absolute atomic E-state index is 13.9. The molecule has 0 spiro atoms. The fourth-order valence-electron chi connectivity index (χ4n) is 5.05. The number of hydrogen-bond donors (Lipinski definition) is 1. The van der Waals surface area contributed by atoms with E-state index in [0.29, 0.717) is 5.92 Å². The number of benzene rings is 2. The average molecular weight is 415 g/mol. The lowest BCUT2D eigenvalue weighted by molar-refractivity contribution is 0.184. The van der Waals surface area contributed by atoms with Crippen molar-refractivity contribution in [1.82, 2.24) is 15.2 Å². The number of amides is 2. The Hall–Kier alpha value is -2.92. The van der Waals surface area contributed by atoms with E-state index in [1.807, 2.05) is 34.2 Å². The number of carbonyl (C=O) groups excluding carboxylic acids is 1. The Bertz CT molecular complexity index is 1020. The molecule has 2 aliphatic rings. The van der Waals surface area contributed by atoms with E-state index in [2.05, 4.69) is 47.8 Å². The van der Waals surface area contributed by atoms with Crippen LogP contribution in [0.1, 0.15) is 37.2 Å². The third-order valence-corrected chi connectivity index (χ3v) is 6.76. The van der Waals surface area contributed by atoms with E-state index in [4.69, 9.17) is 4.98 Å². The third-order valence-electron chi connectivity index (χ3n) is 6.76. The third kappa shape index (κ3) is 4.15. The molecule has 0 aliphatic carbocycles. The summed E-state index contributed by atoms with van der Waals surface area (Å²) >= 11 is 0. The molecule has 5 heteroatoms. The van der Waals surface area contributed by atoms with Crippen molar-refractivity contribution in [2.75, 3.05) is 31.1 Å². The SMILES string of the molecule is O=C(N1CCC(c2ccccc2)CC1)N(c1nccc2ccccc12)[C@@H]1CCCNC1. The fraction of sp³-hybridized carbons (Fsp3) is 0.385. The molecule has 0 bridgehead atoms. The first-order valence-corrected chi connectivity index (χ1v) is 11.5. The Morgan fingerprint density at radius 1 is 0.968 bits per heavy atom. The highest BCUT2D eigenvalue weighted by atomic mass is 16.2. The van der Waals surface area contributed by atoms with E-state index in [9.17, 15) is 4.79 Å². The first kappa shape index (κ1) is 20.0. The lowest BCUT2D eigenvalue weighted by Crippen LogP contribution is -2.55. The van der Waals surface area contributed by atoms with Gasteiger partial charge in [-0.25, -0.2) is 9.78 Å². The van der Waals surface area contributed by atoms with Crippen molar-refractivity contribution in [3.05, 3.63) is 72.4 Å². The Morgan fingerprint density at radius 3 is 2.52 bits per heavy atom. The number of piperidine rings is 2. The van der Waals surface area contributed by atoms with Crippen molar-refractivity contribution in [3.8, 4) is 0 Å². The molecule has 31 heavy (non-hydrogen) atoms. The van der Waals surface area contributed by atoms with Crippen molar-refractivity contribution < 1.29 is 4.79 Å². The monoisotopic (exact) mass is 414 g/mol. The molecule has 3 aromatic rings. The summed E-state index contributed by atoms with van der Waals surface area (Å²) in [6.45, 7) is 3.42. The van der Waals surface area contributed by atoms with Crippen molar-refractivity contribution in [2.24, 2.45) is 0 Å². The molecule has 3 heterocycles. The molecule has 5 rings (SSSR count). The van der Waals surface area contributed by atoms with Gasteiger partial charge in [0.2, 0.25) is 0 Å². The average Bonchev–Trinajstić information content (AvgIpc) is 2.86. The summed E-state index contributed by atoms with van der Waals surface area (Å²) < 4.78 is 0. The van der Waals surface area contributed by atoms with Gasteiger partial charge in [0.25, 0.3) is 0 Å². The van der Waals surface area contributed by atoms with E-state index < -0.39 is 0 Å². The Balaban J connectivity index is 1.41. The zero-order chi connectivity index (χ0) is 21.0. The van der Waals surface area contributed by atoms with Crippen LogP contribution >= 0.6 is 0 Å². The number of fused-ring (bicyclic) bond motifs is 1. The molecule has 0 saturated carbocycles. The Labute approximate surface area is 184 Å². The van der Waals surface area contributed by atoms with E-state index in [-0.39, 0.29) is 12.1 Å². The number of likely N-dealkylation sites (tertiary alicyclic amines) is 1. The van der Waals surface area contributed by atoms with Gasteiger partial charge in [0.15, 0.2) is 0 Å². The van der Waals surface area contributed by atoms with Gasteiger partial charge in [0.05, 0.1) is 6.04 Å². The molecule has 2 amide bonds. The van der Waals surface area contributed by atoms with Gasteiger partial charge in [-0.2, -0.15) is 0 Å². The second-order valence-corrected chi connectivity index (χ2v) is 8.68. The molecular weight excluding hydrogens is 384 g/mol. The minimum absolute atomic E-state index is 0.101. The van der Waals surface area contributed by atoms with Crippen LogP contribution in [0.2, 0.25) is 0 Å². The van der Waals surface area contributed by atoms with Crippen molar-refractivity contribution in [1.29, 1.82) is 0 Å². The number of anilines is 1. The van der Waals surface area contributed by atoms with E-state index in [1.165, 1.54) is 5.56 Å². The van der Waals surface area contributed by atoms with Crippen LogP contribution in [0.5, 0.6) is 0 Å². The number of aromatic nitrogens is 1. The summed E-state index contributed by atoms with van der Waals surface area (Å²) in [5, 5.41) is 5.65. The van der Waals surface area contributed by atoms with Gasteiger partial charge in [-0.05, 0) is 55.2 Å². The number of nitrogens with one attached hydrogen (secondary N) is 1. The molecule has 2 fully saturated rings. The molecule has 2 saturated heterocycles. The molecular formula is C26H30N4O. The first-order chi connectivity index (χ1) is 15.3. The lowest BCUT2D eigenvalue weighted by Gasteiger charge is -2.40. The predicted molar refractivity (Wildman–Crippen MR) is 125 cm³/mol. The second kappa shape index (κ2) is 9.06. The molecule has 1 atom stereocenters. The number of carbonyl (C=O) groups is 1. The summed E-state index contributed by atoms with van der Waals surface area (Å²) in [5.41, 5.74) is 1.39. The number of pyridine rings is 1. The van der Waals surface area contributed by atoms with Crippen LogP contribution in [0.25, 0.3) is 10.8 Å². The zero-order valence-electron chi connectivity index (χ0n) is 17.9. The van der Waals surface area contributed by atoms with Crippen molar-refractivity contribution in [2.45, 2.75) is 37.6 Å². The van der Waals surface area contributed by atoms with E-state index in [1.54, 1.807) is 0 Å². The van der Waals surface area contributed by atoms with Gasteiger partial charge in [-0.3, -0.25) is 4.90 Å². The Morgan fingerprint density at radius 2 is 1.74 bits per heavy atom. The van der Waals surface area contributed by atoms with Crippen LogP contribution < -0.4 is 10.2 Å². The molecule has 2 aromatic carbocycles. The summed E-state index contributed by atoms with van der Waals surface area (Å²) in [5.74, 6) is 1.33. The predicted octanol–water partition coefficient (Wildman–Crippen LogP) is 4.79. The van der Waals surface area contributed by atoms with Gasteiger partial charge in [0.1, 0.15) is 5.82 Å². The molecule has 1 aromatic heterocycles. The number of rotatable bonds is 3. The summed E-state index contributed by atoms with van der Waals surface area (Å²) in [6.07, 6.45) is 5.93. The molecule has 0 radical (unpaired) electrons. The van der Waals surface area contributed by atoms with Crippen molar-refractivity contribution >= 4 is 22.6 Å². The molecule has 160 valence electrons. The second-order valence-electron chi connectivity index (χ2n) is 8.68. The maximum atomic E-state index is 13.9. The minimum Gasteiger partial charge on any atom is -0.324 e. The zero-order valence-corrected chi connectivity index (χ0v) is 17.9. The van der Waals surface area contributed by atoms with Gasteiger partial charge in [0, 0.05) is 31.2 Å². The maximum Gasteiger partial charge on any atom is 0.325 e. The summed E-state index contributed by atoms with van der Waals surface area (Å²) in [6, 6.07) is 21.2. The van der Waals surface area contributed by atoms with E-state index >= 15 is 0 Å². The van der Waals surface area contributed by atoms with Gasteiger partial charge < -0.3 is 10.2 Å². The van der Waals surface area contributed by atoms with Crippen molar-refractivity contribution in [3.63, 3.8) is 0 Å². The van der Waals surface area contributed by atoms with E-state index in [0.717, 1.165) is 68.5 Å². The van der Waals surface area contributed by atoms with Crippen LogP contribution in [0.4, 0.5) is 10.6 Å². The topological polar surface area (TPSA) is 48.5 Å². The largest absolute Gasteiger partial charge is 0.325 e. The summed E-state index contributed by atoms with van der Waals surface area (Å²) in [4.78, 5) is 22.6. The molecule has 1 N–H and O–H groups in total. The highest BCUT2D eigenvalue weighted by molar-refractivity contribution is 6.01. The van der Waals surface area contributed by atoms with Gasteiger partial charge >= 0.3 is 6.03 Å². The normalized spacial score (nSPS) is 20.0. The smallest absolute Gasteiger partial charge is 0.324 e.